The molecule has 1 atom stereocenters. The second kappa shape index (κ2) is 7.94. The summed E-state index contributed by atoms with van der Waals surface area (Å²) in [4.78, 5) is 25.7. The van der Waals surface area contributed by atoms with Gasteiger partial charge in [-0.15, -0.1) is 0 Å². The molecule has 0 radical (unpaired) electrons. The maximum atomic E-state index is 12.0. The van der Waals surface area contributed by atoms with Gasteiger partial charge >= 0.3 is 5.97 Å². The predicted octanol–water partition coefficient (Wildman–Crippen LogP) is 2.53. The predicted molar refractivity (Wildman–Crippen MR) is 85.9 cm³/mol. The lowest BCUT2D eigenvalue weighted by molar-refractivity contribution is -0.116. The number of nitrogens with one attached hydrogen (secondary N) is 1. The highest BCUT2D eigenvalue weighted by molar-refractivity contribution is 5.93. The third-order valence-electron chi connectivity index (χ3n) is 3.99. The molecule has 1 saturated heterocycles. The van der Waals surface area contributed by atoms with E-state index < -0.39 is 0 Å². The fourth-order valence-corrected chi connectivity index (χ4v) is 2.78. The Balaban J connectivity index is 1.78. The van der Waals surface area contributed by atoms with Crippen molar-refractivity contribution in [3.8, 4) is 0 Å². The van der Waals surface area contributed by atoms with Gasteiger partial charge in [-0.25, -0.2) is 4.79 Å². The number of methoxy groups -OCH3 is 1. The Bertz CT molecular complexity index is 513. The van der Waals surface area contributed by atoms with Crippen molar-refractivity contribution in [2.75, 3.05) is 32.1 Å². The molecule has 0 bridgehead atoms. The van der Waals surface area contributed by atoms with Crippen LogP contribution in [0.15, 0.2) is 24.3 Å². The van der Waals surface area contributed by atoms with Crippen LogP contribution >= 0.6 is 0 Å². The molecule has 1 amide bonds. The van der Waals surface area contributed by atoms with E-state index in [0.29, 0.717) is 17.7 Å². The lowest BCUT2D eigenvalue weighted by Gasteiger charge is -2.30. The summed E-state index contributed by atoms with van der Waals surface area (Å²) in [5.74, 6) is 0.351. The second-order valence-electron chi connectivity index (χ2n) is 5.92. The highest BCUT2D eigenvalue weighted by Crippen LogP contribution is 2.16. The van der Waals surface area contributed by atoms with Crippen LogP contribution in [0.1, 0.15) is 36.5 Å². The first-order valence-corrected chi connectivity index (χ1v) is 7.79. The molecule has 1 N–H and O–H groups in total. The normalized spacial score (nSPS) is 18.7. The standard InChI is InChI=1S/C17H24N2O3/c1-13-4-3-10-19(12-13)11-9-16(20)18-15-7-5-14(6-8-15)17(21)22-2/h5-8,13H,3-4,9-12H2,1-2H3,(H,18,20). The molecule has 22 heavy (non-hydrogen) atoms. The van der Waals surface area contributed by atoms with E-state index in [1.54, 1.807) is 24.3 Å². The Labute approximate surface area is 131 Å². The number of rotatable bonds is 5. The van der Waals surface area contributed by atoms with Crippen LogP contribution in [0, 0.1) is 5.92 Å². The number of nitrogens with zero attached hydrogens (tertiary/aromatic N) is 1. The molecule has 120 valence electrons. The van der Waals surface area contributed by atoms with Gasteiger partial charge in [-0.05, 0) is 49.6 Å². The molecular formula is C17H24N2O3. The molecule has 1 unspecified atom stereocenters. The Hall–Kier alpha value is -1.88. The molecule has 0 aromatic heterocycles. The second-order valence-corrected chi connectivity index (χ2v) is 5.92. The van der Waals surface area contributed by atoms with E-state index in [1.165, 1.54) is 20.0 Å². The van der Waals surface area contributed by atoms with Crippen LogP contribution < -0.4 is 5.32 Å². The van der Waals surface area contributed by atoms with Crippen molar-refractivity contribution in [3.05, 3.63) is 29.8 Å². The molecule has 1 aliphatic rings. The summed E-state index contributed by atoms with van der Waals surface area (Å²) < 4.78 is 4.64. The van der Waals surface area contributed by atoms with Crippen LogP contribution in [0.3, 0.4) is 0 Å². The molecule has 1 aromatic carbocycles. The number of anilines is 1. The number of carbonyl (C=O) groups is 2. The summed E-state index contributed by atoms with van der Waals surface area (Å²) in [7, 11) is 1.35. The van der Waals surface area contributed by atoms with Gasteiger partial charge in [0, 0.05) is 25.2 Å². The van der Waals surface area contributed by atoms with Gasteiger partial charge in [0.05, 0.1) is 12.7 Å². The molecule has 1 aromatic rings. The van der Waals surface area contributed by atoms with Gasteiger partial charge in [0.1, 0.15) is 0 Å². The zero-order valence-corrected chi connectivity index (χ0v) is 13.3. The number of ether oxygens (including phenoxy) is 1. The number of hydrogen-bond acceptors (Lipinski definition) is 4. The van der Waals surface area contributed by atoms with E-state index in [1.807, 2.05) is 0 Å². The minimum Gasteiger partial charge on any atom is -0.465 e. The third kappa shape index (κ3) is 4.84. The molecule has 1 aliphatic heterocycles. The molecule has 1 heterocycles. The van der Waals surface area contributed by atoms with Crippen molar-refractivity contribution in [1.29, 1.82) is 0 Å². The smallest absolute Gasteiger partial charge is 0.337 e. The van der Waals surface area contributed by atoms with Crippen LogP contribution in [0.4, 0.5) is 5.69 Å². The topological polar surface area (TPSA) is 58.6 Å². The van der Waals surface area contributed by atoms with Crippen LogP contribution in [0.5, 0.6) is 0 Å². The molecule has 5 nitrogen and oxygen atoms in total. The number of esters is 1. The number of piperidine rings is 1. The first-order valence-electron chi connectivity index (χ1n) is 7.79. The molecular weight excluding hydrogens is 280 g/mol. The van der Waals surface area contributed by atoms with E-state index in [4.69, 9.17) is 0 Å². The first kappa shape index (κ1) is 16.5. The average Bonchev–Trinajstić information content (AvgIpc) is 2.53. The van der Waals surface area contributed by atoms with Crippen LogP contribution in [0.2, 0.25) is 0 Å². The summed E-state index contributed by atoms with van der Waals surface area (Å²) >= 11 is 0. The first-order chi connectivity index (χ1) is 10.6. The minimum absolute atomic E-state index is 0.00374. The monoisotopic (exact) mass is 304 g/mol. The van der Waals surface area contributed by atoms with Gasteiger partial charge in [-0.1, -0.05) is 6.92 Å². The highest BCUT2D eigenvalue weighted by atomic mass is 16.5. The Morgan fingerprint density at radius 3 is 2.68 bits per heavy atom. The number of likely N-dealkylation sites (tertiary alicyclic amines) is 1. The summed E-state index contributed by atoms with van der Waals surface area (Å²) in [5.41, 5.74) is 1.17. The van der Waals surface area contributed by atoms with Crippen molar-refractivity contribution >= 4 is 17.6 Å². The lowest BCUT2D eigenvalue weighted by atomic mass is 10.0. The van der Waals surface area contributed by atoms with E-state index in [0.717, 1.165) is 25.6 Å². The molecule has 0 spiro atoms. The zero-order valence-electron chi connectivity index (χ0n) is 13.3. The SMILES string of the molecule is COC(=O)c1ccc(NC(=O)CCN2CCCC(C)C2)cc1. The van der Waals surface area contributed by atoms with Crippen LogP contribution in [-0.4, -0.2) is 43.5 Å². The van der Waals surface area contributed by atoms with E-state index in [-0.39, 0.29) is 11.9 Å². The highest BCUT2D eigenvalue weighted by Gasteiger charge is 2.16. The van der Waals surface area contributed by atoms with Gasteiger partial charge in [0.2, 0.25) is 5.91 Å². The van der Waals surface area contributed by atoms with Gasteiger partial charge in [0.15, 0.2) is 0 Å². The van der Waals surface area contributed by atoms with E-state index in [9.17, 15) is 9.59 Å². The molecule has 1 fully saturated rings. The molecule has 2 rings (SSSR count). The lowest BCUT2D eigenvalue weighted by Crippen LogP contribution is -2.36. The largest absolute Gasteiger partial charge is 0.465 e. The fraction of sp³-hybridized carbons (Fsp3) is 0.529. The van der Waals surface area contributed by atoms with Gasteiger partial charge < -0.3 is 15.0 Å². The number of benzene rings is 1. The quantitative estimate of drug-likeness (QED) is 0.849. The van der Waals surface area contributed by atoms with Gasteiger partial charge in [-0.3, -0.25) is 4.79 Å². The van der Waals surface area contributed by atoms with E-state index >= 15 is 0 Å². The van der Waals surface area contributed by atoms with E-state index in [2.05, 4.69) is 21.9 Å². The maximum absolute atomic E-state index is 12.0. The van der Waals surface area contributed by atoms with Crippen LogP contribution in [-0.2, 0) is 9.53 Å². The summed E-state index contributed by atoms with van der Waals surface area (Å²) in [5, 5.41) is 2.86. The van der Waals surface area contributed by atoms with Crippen molar-refractivity contribution in [2.24, 2.45) is 5.92 Å². The van der Waals surface area contributed by atoms with Crippen molar-refractivity contribution < 1.29 is 14.3 Å². The number of amides is 1. The Morgan fingerprint density at radius 2 is 2.05 bits per heavy atom. The fourth-order valence-electron chi connectivity index (χ4n) is 2.78. The van der Waals surface area contributed by atoms with Crippen molar-refractivity contribution in [3.63, 3.8) is 0 Å². The number of carbonyl (C=O) groups excluding carboxylic acids is 2. The average molecular weight is 304 g/mol. The number of hydrogen-bond donors (Lipinski definition) is 1. The Kier molecular flexibility index (Phi) is 5.95. The maximum Gasteiger partial charge on any atom is 0.337 e. The molecule has 0 aliphatic carbocycles. The molecule has 0 saturated carbocycles. The van der Waals surface area contributed by atoms with Crippen molar-refractivity contribution in [2.45, 2.75) is 26.2 Å². The minimum atomic E-state index is -0.378. The summed E-state index contributed by atoms with van der Waals surface area (Å²) in [6.07, 6.45) is 3.00. The van der Waals surface area contributed by atoms with Crippen LogP contribution in [0.25, 0.3) is 0 Å². The van der Waals surface area contributed by atoms with Crippen molar-refractivity contribution in [1.82, 2.24) is 4.90 Å². The zero-order chi connectivity index (χ0) is 15.9. The van der Waals surface area contributed by atoms with Gasteiger partial charge in [0.25, 0.3) is 0 Å². The summed E-state index contributed by atoms with van der Waals surface area (Å²) in [6.45, 7) is 5.23. The molecule has 5 heteroatoms. The third-order valence-corrected chi connectivity index (χ3v) is 3.99. The summed E-state index contributed by atoms with van der Waals surface area (Å²) in [6, 6.07) is 6.72. The van der Waals surface area contributed by atoms with Gasteiger partial charge in [-0.2, -0.15) is 0 Å². The Morgan fingerprint density at radius 1 is 1.32 bits per heavy atom.